The summed E-state index contributed by atoms with van der Waals surface area (Å²) >= 11 is 6.31. The smallest absolute Gasteiger partial charge is 0.262 e. The zero-order chi connectivity index (χ0) is 24.5. The summed E-state index contributed by atoms with van der Waals surface area (Å²) in [4.78, 5) is 17.2. The SMILES string of the molecule is Cn1nc(Cl)c(C(=O)Nc2ncc(C#Cc3ccccc3)cc2F)c1-c1ccc2c(cnn2C)c1. The first-order valence-corrected chi connectivity index (χ1v) is 11.0. The van der Waals surface area contributed by atoms with Gasteiger partial charge in [0.05, 0.1) is 17.4 Å². The van der Waals surface area contributed by atoms with E-state index < -0.39 is 11.7 Å². The molecular weight excluding hydrogens is 467 g/mol. The van der Waals surface area contributed by atoms with Crippen LogP contribution < -0.4 is 5.32 Å². The average Bonchev–Trinajstić information content (AvgIpc) is 3.37. The van der Waals surface area contributed by atoms with E-state index in [0.717, 1.165) is 22.0 Å². The molecule has 0 aliphatic carbocycles. The number of benzene rings is 2. The number of fused-ring (bicyclic) bond motifs is 1. The van der Waals surface area contributed by atoms with E-state index >= 15 is 0 Å². The van der Waals surface area contributed by atoms with Gasteiger partial charge in [0.1, 0.15) is 5.56 Å². The maximum atomic E-state index is 14.7. The molecular formula is C26H18ClFN6O. The summed E-state index contributed by atoms with van der Waals surface area (Å²) < 4.78 is 18.0. The number of rotatable bonds is 3. The predicted molar refractivity (Wildman–Crippen MR) is 132 cm³/mol. The summed E-state index contributed by atoms with van der Waals surface area (Å²) in [6, 6.07) is 16.2. The van der Waals surface area contributed by atoms with Crippen LogP contribution in [0.3, 0.4) is 0 Å². The lowest BCUT2D eigenvalue weighted by Gasteiger charge is -2.09. The lowest BCUT2D eigenvalue weighted by atomic mass is 10.1. The Balaban J connectivity index is 1.44. The highest BCUT2D eigenvalue weighted by atomic mass is 35.5. The molecule has 5 rings (SSSR count). The molecule has 0 radical (unpaired) electrons. The van der Waals surface area contributed by atoms with Crippen LogP contribution in [-0.2, 0) is 14.1 Å². The molecule has 5 aromatic rings. The van der Waals surface area contributed by atoms with Gasteiger partial charge in [-0.3, -0.25) is 14.2 Å². The number of carbonyl (C=O) groups is 1. The van der Waals surface area contributed by atoms with E-state index in [9.17, 15) is 9.18 Å². The number of anilines is 1. The van der Waals surface area contributed by atoms with Gasteiger partial charge >= 0.3 is 0 Å². The van der Waals surface area contributed by atoms with Crippen molar-refractivity contribution in [3.63, 3.8) is 0 Å². The second kappa shape index (κ2) is 9.05. The van der Waals surface area contributed by atoms with Crippen LogP contribution in [0.4, 0.5) is 10.2 Å². The van der Waals surface area contributed by atoms with E-state index in [1.807, 2.05) is 55.6 Å². The van der Waals surface area contributed by atoms with Crippen molar-refractivity contribution in [1.82, 2.24) is 24.5 Å². The van der Waals surface area contributed by atoms with Crippen molar-refractivity contribution >= 4 is 34.2 Å². The highest BCUT2D eigenvalue weighted by molar-refractivity contribution is 6.34. The number of nitrogens with one attached hydrogen (secondary N) is 1. The summed E-state index contributed by atoms with van der Waals surface area (Å²) in [5.41, 5.74) is 3.45. The molecule has 0 spiro atoms. The number of nitrogens with zero attached hydrogens (tertiary/aromatic N) is 5. The first-order chi connectivity index (χ1) is 16.9. The third kappa shape index (κ3) is 4.37. The fourth-order valence-corrected chi connectivity index (χ4v) is 4.06. The minimum absolute atomic E-state index is 0.00274. The van der Waals surface area contributed by atoms with E-state index in [2.05, 4.69) is 32.3 Å². The molecule has 3 heterocycles. The number of hydrogen-bond donors (Lipinski definition) is 1. The lowest BCUT2D eigenvalue weighted by Crippen LogP contribution is -2.15. The highest BCUT2D eigenvalue weighted by Crippen LogP contribution is 2.31. The molecule has 1 amide bonds. The molecule has 0 bridgehead atoms. The van der Waals surface area contributed by atoms with Crippen LogP contribution in [0, 0.1) is 17.7 Å². The van der Waals surface area contributed by atoms with E-state index in [1.54, 1.807) is 17.9 Å². The standard InChI is InChI=1S/C26H18ClFN6O/c1-33-21-11-10-18(13-19(21)15-30-33)23-22(24(27)32-34(23)2)26(35)31-25-20(28)12-17(14-29-25)9-8-16-6-4-3-5-7-16/h3-7,10-15H,1-2H3,(H,29,31,35). The molecule has 3 aromatic heterocycles. The molecule has 0 fully saturated rings. The average molecular weight is 485 g/mol. The van der Waals surface area contributed by atoms with Crippen molar-refractivity contribution in [3.8, 4) is 23.1 Å². The second-order valence-electron chi connectivity index (χ2n) is 7.80. The van der Waals surface area contributed by atoms with Crippen LogP contribution in [0.15, 0.2) is 67.0 Å². The normalized spacial score (nSPS) is 10.7. The van der Waals surface area contributed by atoms with E-state index in [-0.39, 0.29) is 16.5 Å². The Morgan fingerprint density at radius 3 is 2.54 bits per heavy atom. The van der Waals surface area contributed by atoms with Crippen LogP contribution in [0.5, 0.6) is 0 Å². The molecule has 172 valence electrons. The van der Waals surface area contributed by atoms with Gasteiger partial charge in [0.15, 0.2) is 16.8 Å². The van der Waals surface area contributed by atoms with Crippen LogP contribution in [0.2, 0.25) is 5.15 Å². The fourth-order valence-electron chi connectivity index (χ4n) is 3.77. The zero-order valence-electron chi connectivity index (χ0n) is 18.8. The number of aryl methyl sites for hydroxylation is 2. The highest BCUT2D eigenvalue weighted by Gasteiger charge is 2.24. The molecule has 0 atom stereocenters. The first kappa shape index (κ1) is 22.3. The Morgan fingerprint density at radius 1 is 1.00 bits per heavy atom. The van der Waals surface area contributed by atoms with Crippen molar-refractivity contribution in [3.05, 3.63) is 94.7 Å². The van der Waals surface area contributed by atoms with Crippen LogP contribution in [0.1, 0.15) is 21.5 Å². The van der Waals surface area contributed by atoms with Crippen molar-refractivity contribution in [2.75, 3.05) is 5.32 Å². The van der Waals surface area contributed by atoms with E-state index in [1.165, 1.54) is 16.9 Å². The second-order valence-corrected chi connectivity index (χ2v) is 8.16. The number of carbonyl (C=O) groups excluding carboxylic acids is 1. The largest absolute Gasteiger partial charge is 0.304 e. The molecule has 7 nitrogen and oxygen atoms in total. The Bertz CT molecular complexity index is 1650. The Kier molecular flexibility index (Phi) is 5.77. The van der Waals surface area contributed by atoms with Gasteiger partial charge in [-0.15, -0.1) is 0 Å². The number of pyridine rings is 1. The molecule has 0 unspecified atom stereocenters. The fraction of sp³-hybridized carbons (Fsp3) is 0.0769. The van der Waals surface area contributed by atoms with E-state index in [4.69, 9.17) is 11.6 Å². The monoisotopic (exact) mass is 484 g/mol. The van der Waals surface area contributed by atoms with Gasteiger partial charge < -0.3 is 5.32 Å². The summed E-state index contributed by atoms with van der Waals surface area (Å²) in [6.45, 7) is 0. The van der Waals surface area contributed by atoms with Crippen LogP contribution in [-0.4, -0.2) is 30.5 Å². The predicted octanol–water partition coefficient (Wildman–Crippen LogP) is 4.81. The minimum atomic E-state index is -0.712. The topological polar surface area (TPSA) is 77.6 Å². The molecule has 0 saturated carbocycles. The Labute approximate surface area is 205 Å². The zero-order valence-corrected chi connectivity index (χ0v) is 19.5. The van der Waals surface area contributed by atoms with Gasteiger partial charge in [0, 0.05) is 42.4 Å². The molecule has 2 aromatic carbocycles. The Morgan fingerprint density at radius 2 is 1.77 bits per heavy atom. The summed E-state index contributed by atoms with van der Waals surface area (Å²) in [6.07, 6.45) is 3.13. The van der Waals surface area contributed by atoms with Gasteiger partial charge in [-0.1, -0.05) is 47.7 Å². The third-order valence-corrected chi connectivity index (χ3v) is 5.71. The van der Waals surface area contributed by atoms with Crippen molar-refractivity contribution < 1.29 is 9.18 Å². The maximum Gasteiger partial charge on any atom is 0.262 e. The molecule has 0 saturated heterocycles. The third-order valence-electron chi connectivity index (χ3n) is 5.45. The molecule has 9 heteroatoms. The van der Waals surface area contributed by atoms with Crippen LogP contribution in [0.25, 0.3) is 22.2 Å². The molecule has 0 aliphatic rings. The maximum absolute atomic E-state index is 14.7. The first-order valence-electron chi connectivity index (χ1n) is 10.6. The number of halogens is 2. The summed E-state index contributed by atoms with van der Waals surface area (Å²) in [5, 5.41) is 11.8. The molecule has 35 heavy (non-hydrogen) atoms. The number of aromatic nitrogens is 5. The quantitative estimate of drug-likeness (QED) is 0.373. The van der Waals surface area contributed by atoms with Gasteiger partial charge in [0.25, 0.3) is 5.91 Å². The van der Waals surface area contributed by atoms with Gasteiger partial charge in [-0.05, 0) is 30.3 Å². The summed E-state index contributed by atoms with van der Waals surface area (Å²) in [7, 11) is 3.53. The number of hydrogen-bond acceptors (Lipinski definition) is 4. The van der Waals surface area contributed by atoms with Gasteiger partial charge in [-0.25, -0.2) is 9.37 Å². The van der Waals surface area contributed by atoms with Crippen molar-refractivity contribution in [2.45, 2.75) is 0 Å². The molecule has 0 aliphatic heterocycles. The van der Waals surface area contributed by atoms with Gasteiger partial charge in [0.2, 0.25) is 0 Å². The van der Waals surface area contributed by atoms with Crippen molar-refractivity contribution in [2.24, 2.45) is 14.1 Å². The minimum Gasteiger partial charge on any atom is -0.304 e. The van der Waals surface area contributed by atoms with Gasteiger partial charge in [-0.2, -0.15) is 10.2 Å². The van der Waals surface area contributed by atoms with Crippen molar-refractivity contribution in [1.29, 1.82) is 0 Å². The lowest BCUT2D eigenvalue weighted by molar-refractivity contribution is 0.102. The molecule has 1 N–H and O–H groups in total. The number of amides is 1. The Hall–Kier alpha value is -4.48. The summed E-state index contributed by atoms with van der Waals surface area (Å²) in [5.74, 6) is 4.25. The van der Waals surface area contributed by atoms with E-state index in [0.29, 0.717) is 11.3 Å². The van der Waals surface area contributed by atoms with Crippen LogP contribution >= 0.6 is 11.6 Å².